The summed E-state index contributed by atoms with van der Waals surface area (Å²) in [5, 5.41) is 11.7. The van der Waals surface area contributed by atoms with Crippen LogP contribution in [0.2, 0.25) is 5.02 Å². The molecule has 164 valence electrons. The Hall–Kier alpha value is -2.61. The van der Waals surface area contributed by atoms with Crippen molar-refractivity contribution in [2.24, 2.45) is 5.41 Å². The predicted octanol–water partition coefficient (Wildman–Crippen LogP) is 7.16. The third-order valence-corrected chi connectivity index (χ3v) is 7.65. The van der Waals surface area contributed by atoms with E-state index in [-0.39, 0.29) is 17.6 Å². The first-order valence-corrected chi connectivity index (χ1v) is 12.0. The number of hydrogen-bond acceptors (Lipinski definition) is 5. The van der Waals surface area contributed by atoms with Gasteiger partial charge in [-0.2, -0.15) is 0 Å². The van der Waals surface area contributed by atoms with Crippen molar-refractivity contribution in [3.05, 3.63) is 87.0 Å². The molecule has 0 saturated carbocycles. The van der Waals surface area contributed by atoms with Gasteiger partial charge in [-0.1, -0.05) is 61.1 Å². The molecule has 2 aromatic heterocycles. The van der Waals surface area contributed by atoms with Crippen LogP contribution in [0.1, 0.15) is 35.8 Å². The van der Waals surface area contributed by atoms with E-state index in [1.54, 1.807) is 22.9 Å². The van der Waals surface area contributed by atoms with Gasteiger partial charge in [0.1, 0.15) is 11.3 Å². The van der Waals surface area contributed by atoms with Crippen molar-refractivity contribution in [2.45, 2.75) is 26.7 Å². The summed E-state index contributed by atoms with van der Waals surface area (Å²) in [6.45, 7) is 5.69. The molecule has 0 spiro atoms. The van der Waals surface area contributed by atoms with Gasteiger partial charge in [0.15, 0.2) is 0 Å². The Morgan fingerprint density at radius 3 is 2.66 bits per heavy atom. The number of rotatable bonds is 6. The molecule has 2 aromatic carbocycles. The number of hydrogen-bond donors (Lipinski definition) is 1. The Labute approximate surface area is 199 Å². The summed E-state index contributed by atoms with van der Waals surface area (Å²) in [6, 6.07) is 16.4. The molecule has 0 radical (unpaired) electrons. The molecular weight excluding hydrogens is 465 g/mol. The summed E-state index contributed by atoms with van der Waals surface area (Å²) >= 11 is 9.16. The van der Waals surface area contributed by atoms with Crippen LogP contribution < -0.4 is 5.32 Å². The zero-order valence-corrected chi connectivity index (χ0v) is 20.1. The molecule has 0 aliphatic rings. The maximum Gasteiger partial charge on any atom is 0.232 e. The summed E-state index contributed by atoms with van der Waals surface area (Å²) in [5.74, 6) is -0.919. The van der Waals surface area contributed by atoms with Gasteiger partial charge in [0.2, 0.25) is 11.0 Å². The number of carbonyl (C=O) groups excluding carboxylic acids is 1. The van der Waals surface area contributed by atoms with Crippen LogP contribution in [0, 0.1) is 18.2 Å². The van der Waals surface area contributed by atoms with Crippen LogP contribution in [0.25, 0.3) is 10.4 Å². The molecule has 0 saturated heterocycles. The monoisotopic (exact) mass is 485 g/mol. The lowest BCUT2D eigenvalue weighted by molar-refractivity contribution is -0.124. The van der Waals surface area contributed by atoms with Crippen LogP contribution in [-0.2, 0) is 4.79 Å². The molecular formula is C24H21ClFN3OS2. The first kappa shape index (κ1) is 22.6. The highest BCUT2D eigenvalue weighted by Gasteiger charge is 2.40. The second-order valence-corrected chi connectivity index (χ2v) is 10.4. The molecule has 0 bridgehead atoms. The molecule has 2 heterocycles. The van der Waals surface area contributed by atoms with Gasteiger partial charge in [0, 0.05) is 20.7 Å². The Balaban J connectivity index is 1.76. The van der Waals surface area contributed by atoms with Gasteiger partial charge in [0.05, 0.1) is 5.41 Å². The van der Waals surface area contributed by atoms with Crippen molar-refractivity contribution in [2.75, 3.05) is 5.32 Å². The normalized spacial score (nSPS) is 12.5. The molecule has 4 nitrogen and oxygen atoms in total. The lowest BCUT2D eigenvalue weighted by Crippen LogP contribution is -2.36. The minimum atomic E-state index is -0.896. The van der Waals surface area contributed by atoms with Crippen LogP contribution in [0.5, 0.6) is 0 Å². The molecule has 1 N–H and O–H groups in total. The maximum atomic E-state index is 14.2. The predicted molar refractivity (Wildman–Crippen MR) is 130 cm³/mol. The fraction of sp³-hybridized carbons (Fsp3) is 0.208. The van der Waals surface area contributed by atoms with Gasteiger partial charge in [-0.25, -0.2) is 4.39 Å². The summed E-state index contributed by atoms with van der Waals surface area (Å²) in [4.78, 5) is 15.3. The lowest BCUT2D eigenvalue weighted by atomic mass is 9.73. The van der Waals surface area contributed by atoms with Crippen LogP contribution in [0.3, 0.4) is 0 Å². The van der Waals surface area contributed by atoms with Crippen molar-refractivity contribution in [3.63, 3.8) is 0 Å². The van der Waals surface area contributed by atoms with E-state index in [1.807, 2.05) is 57.2 Å². The van der Waals surface area contributed by atoms with E-state index < -0.39 is 5.41 Å². The molecule has 1 atom stereocenters. The largest absolute Gasteiger partial charge is 0.300 e. The van der Waals surface area contributed by atoms with Crippen molar-refractivity contribution in [3.8, 4) is 10.4 Å². The highest BCUT2D eigenvalue weighted by atomic mass is 35.5. The van der Waals surface area contributed by atoms with Crippen molar-refractivity contribution in [1.82, 2.24) is 10.2 Å². The SMILES string of the molecule is Cc1ccc(-c2ccc([C@@H](c3cccc(F)c3)C(C)(C)C(=O)Nc3nncs3)s2)cc1Cl. The minimum Gasteiger partial charge on any atom is -0.300 e. The lowest BCUT2D eigenvalue weighted by Gasteiger charge is -2.32. The standard InChI is InChI=1S/C24H21ClFN3OS2/c1-14-7-8-15(12-18(14)25)19-9-10-20(32-19)21(16-5-4-6-17(26)11-16)24(2,3)22(30)28-23-29-27-13-31-23/h4-13,21H,1-3H3,(H,28,29,30)/t21-/m1/s1. The third-order valence-electron chi connectivity index (χ3n) is 5.44. The number of anilines is 1. The Morgan fingerprint density at radius 2 is 1.97 bits per heavy atom. The zero-order chi connectivity index (χ0) is 22.9. The third kappa shape index (κ3) is 4.60. The molecule has 32 heavy (non-hydrogen) atoms. The zero-order valence-electron chi connectivity index (χ0n) is 17.7. The number of amides is 1. The van der Waals surface area contributed by atoms with Crippen molar-refractivity contribution >= 4 is 45.3 Å². The van der Waals surface area contributed by atoms with Gasteiger partial charge in [-0.05, 0) is 53.9 Å². The first-order valence-electron chi connectivity index (χ1n) is 9.95. The average Bonchev–Trinajstić information content (AvgIpc) is 3.42. The fourth-order valence-electron chi connectivity index (χ4n) is 3.65. The van der Waals surface area contributed by atoms with E-state index in [1.165, 1.54) is 23.5 Å². The smallest absolute Gasteiger partial charge is 0.232 e. The molecule has 0 unspecified atom stereocenters. The number of benzene rings is 2. The topological polar surface area (TPSA) is 54.9 Å². The number of nitrogens with one attached hydrogen (secondary N) is 1. The van der Waals surface area contributed by atoms with Crippen LogP contribution >= 0.6 is 34.3 Å². The molecule has 0 fully saturated rings. The van der Waals surface area contributed by atoms with E-state index in [4.69, 9.17) is 11.6 Å². The number of halogens is 2. The van der Waals surface area contributed by atoms with Gasteiger partial charge >= 0.3 is 0 Å². The highest BCUT2D eigenvalue weighted by Crippen LogP contribution is 2.46. The maximum absolute atomic E-state index is 14.2. The fourth-order valence-corrected chi connectivity index (χ4v) is 5.59. The molecule has 1 amide bonds. The van der Waals surface area contributed by atoms with Gasteiger partial charge < -0.3 is 5.32 Å². The van der Waals surface area contributed by atoms with Crippen molar-refractivity contribution in [1.29, 1.82) is 0 Å². The van der Waals surface area contributed by atoms with E-state index in [9.17, 15) is 9.18 Å². The first-order chi connectivity index (χ1) is 15.3. The second kappa shape index (κ2) is 9.10. The summed E-state index contributed by atoms with van der Waals surface area (Å²) in [7, 11) is 0. The Morgan fingerprint density at radius 1 is 1.16 bits per heavy atom. The average molecular weight is 486 g/mol. The molecule has 0 aliphatic carbocycles. The van der Waals surface area contributed by atoms with Crippen LogP contribution in [0.4, 0.5) is 9.52 Å². The summed E-state index contributed by atoms with van der Waals surface area (Å²) in [5.41, 5.74) is 3.42. The van der Waals surface area contributed by atoms with Crippen LogP contribution in [-0.4, -0.2) is 16.1 Å². The number of aryl methyl sites for hydroxylation is 1. The molecule has 4 rings (SSSR count). The number of aromatic nitrogens is 2. The van der Waals surface area contributed by atoms with E-state index >= 15 is 0 Å². The molecule has 4 aromatic rings. The van der Waals surface area contributed by atoms with E-state index in [0.29, 0.717) is 10.2 Å². The Bertz CT molecular complexity index is 1250. The van der Waals surface area contributed by atoms with Crippen molar-refractivity contribution < 1.29 is 9.18 Å². The number of carbonyl (C=O) groups is 1. The molecule has 0 aliphatic heterocycles. The quantitative estimate of drug-likeness (QED) is 0.315. The van der Waals surface area contributed by atoms with E-state index in [0.717, 1.165) is 26.4 Å². The van der Waals surface area contributed by atoms with Crippen LogP contribution in [0.15, 0.2) is 60.1 Å². The Kier molecular flexibility index (Phi) is 6.42. The molecule has 8 heteroatoms. The number of nitrogens with zero attached hydrogens (tertiary/aromatic N) is 2. The summed E-state index contributed by atoms with van der Waals surface area (Å²) < 4.78 is 14.2. The van der Waals surface area contributed by atoms with Gasteiger partial charge in [-0.15, -0.1) is 21.5 Å². The second-order valence-electron chi connectivity index (χ2n) is 8.07. The van der Waals surface area contributed by atoms with Gasteiger partial charge in [-0.3, -0.25) is 4.79 Å². The highest BCUT2D eigenvalue weighted by molar-refractivity contribution is 7.15. The minimum absolute atomic E-state index is 0.211. The van der Waals surface area contributed by atoms with E-state index in [2.05, 4.69) is 15.5 Å². The summed E-state index contributed by atoms with van der Waals surface area (Å²) in [6.07, 6.45) is 0. The van der Waals surface area contributed by atoms with Gasteiger partial charge in [0.25, 0.3) is 0 Å². The number of thiophene rings is 1.